The zero-order valence-electron chi connectivity index (χ0n) is 6.94. The van der Waals surface area contributed by atoms with E-state index >= 15 is 0 Å². The van der Waals surface area contributed by atoms with Crippen LogP contribution in [0.2, 0.25) is 0 Å². The summed E-state index contributed by atoms with van der Waals surface area (Å²) in [5.41, 5.74) is 2.36. The summed E-state index contributed by atoms with van der Waals surface area (Å²) in [7, 11) is 0. The zero-order valence-corrected chi connectivity index (χ0v) is 6.94. The number of rotatable bonds is 0. The van der Waals surface area contributed by atoms with Gasteiger partial charge in [-0.2, -0.15) is 0 Å². The Labute approximate surface area is 71.7 Å². The summed E-state index contributed by atoms with van der Waals surface area (Å²) in [6, 6.07) is 8.14. The summed E-state index contributed by atoms with van der Waals surface area (Å²) in [5.74, 6) is 0. The van der Waals surface area contributed by atoms with Gasteiger partial charge in [0.2, 0.25) is 0 Å². The van der Waals surface area contributed by atoms with Gasteiger partial charge in [-0.3, -0.25) is 10.3 Å². The lowest BCUT2D eigenvalue weighted by Gasteiger charge is -2.26. The van der Waals surface area contributed by atoms with Gasteiger partial charge < -0.3 is 0 Å². The Balaban J connectivity index is 2.52. The summed E-state index contributed by atoms with van der Waals surface area (Å²) in [4.78, 5) is 0. The minimum absolute atomic E-state index is 0.0613. The molecule has 1 aliphatic heterocycles. The van der Waals surface area contributed by atoms with Crippen LogP contribution in [0.4, 0.5) is 0 Å². The van der Waals surface area contributed by atoms with Gasteiger partial charge in [0.15, 0.2) is 0 Å². The molecule has 62 valence electrons. The number of nitrogens with zero attached hydrogens (tertiary/aromatic N) is 1. The van der Waals surface area contributed by atoms with E-state index in [0.29, 0.717) is 0 Å². The molecule has 1 aromatic rings. The highest BCUT2D eigenvalue weighted by molar-refractivity contribution is 5.56. The molecule has 0 saturated carbocycles. The van der Waals surface area contributed by atoms with E-state index in [1.54, 1.807) is 6.20 Å². The quantitative estimate of drug-likeness (QED) is 0.631. The second kappa shape index (κ2) is 2.64. The molecular weight excluding hydrogens is 150 g/mol. The molecule has 2 heteroatoms. The Hall–Kier alpha value is -1.28. The van der Waals surface area contributed by atoms with Crippen molar-refractivity contribution in [3.63, 3.8) is 0 Å². The SMILES string of the molecule is CC1c2ccccc2C=CN1O. The van der Waals surface area contributed by atoms with Crippen LogP contribution in [0.5, 0.6) is 0 Å². The van der Waals surface area contributed by atoms with Gasteiger partial charge in [0.25, 0.3) is 0 Å². The first-order valence-corrected chi connectivity index (χ1v) is 4.03. The average molecular weight is 161 g/mol. The molecule has 0 spiro atoms. The molecule has 1 N–H and O–H groups in total. The second-order valence-electron chi connectivity index (χ2n) is 3.00. The van der Waals surface area contributed by atoms with Crippen LogP contribution in [0.25, 0.3) is 6.08 Å². The highest BCUT2D eigenvalue weighted by atomic mass is 16.5. The molecule has 0 radical (unpaired) electrons. The molecular formula is C10H11NO. The van der Waals surface area contributed by atoms with Gasteiger partial charge in [0.1, 0.15) is 0 Å². The predicted molar refractivity (Wildman–Crippen MR) is 47.5 cm³/mol. The fourth-order valence-electron chi connectivity index (χ4n) is 1.47. The van der Waals surface area contributed by atoms with Crippen molar-refractivity contribution >= 4 is 6.08 Å². The Morgan fingerprint density at radius 2 is 2.08 bits per heavy atom. The Kier molecular flexibility index (Phi) is 1.62. The lowest BCUT2D eigenvalue weighted by molar-refractivity contribution is -0.0755. The summed E-state index contributed by atoms with van der Waals surface area (Å²) in [6.45, 7) is 1.97. The summed E-state index contributed by atoms with van der Waals surface area (Å²) in [5, 5.41) is 10.6. The molecule has 1 aromatic carbocycles. The fourth-order valence-corrected chi connectivity index (χ4v) is 1.47. The van der Waals surface area contributed by atoms with Crippen LogP contribution in [0.15, 0.2) is 30.5 Å². The van der Waals surface area contributed by atoms with E-state index in [1.165, 1.54) is 16.2 Å². The molecule has 2 rings (SSSR count). The van der Waals surface area contributed by atoms with Gasteiger partial charge in [-0.1, -0.05) is 24.3 Å². The lowest BCUT2D eigenvalue weighted by Crippen LogP contribution is -2.20. The fraction of sp³-hybridized carbons (Fsp3) is 0.200. The van der Waals surface area contributed by atoms with E-state index in [9.17, 15) is 5.21 Å². The van der Waals surface area contributed by atoms with E-state index in [2.05, 4.69) is 6.07 Å². The summed E-state index contributed by atoms with van der Waals surface area (Å²) in [6.07, 6.45) is 3.60. The van der Waals surface area contributed by atoms with Crippen molar-refractivity contribution < 1.29 is 5.21 Å². The van der Waals surface area contributed by atoms with Crippen molar-refractivity contribution in [2.75, 3.05) is 0 Å². The summed E-state index contributed by atoms with van der Waals surface area (Å²) < 4.78 is 0. The summed E-state index contributed by atoms with van der Waals surface area (Å²) >= 11 is 0. The van der Waals surface area contributed by atoms with Gasteiger partial charge in [0.05, 0.1) is 6.04 Å². The first kappa shape index (κ1) is 7.37. The molecule has 0 aliphatic carbocycles. The van der Waals surface area contributed by atoms with Gasteiger partial charge in [0, 0.05) is 6.20 Å². The molecule has 1 aliphatic rings. The largest absolute Gasteiger partial charge is 0.288 e. The number of hydroxylamine groups is 2. The monoisotopic (exact) mass is 161 g/mol. The van der Waals surface area contributed by atoms with E-state index < -0.39 is 0 Å². The first-order chi connectivity index (χ1) is 5.79. The van der Waals surface area contributed by atoms with Gasteiger partial charge >= 0.3 is 0 Å². The Morgan fingerprint density at radius 1 is 1.33 bits per heavy atom. The van der Waals surface area contributed by atoms with E-state index in [-0.39, 0.29) is 6.04 Å². The van der Waals surface area contributed by atoms with Crippen molar-refractivity contribution in [2.24, 2.45) is 0 Å². The van der Waals surface area contributed by atoms with Gasteiger partial charge in [-0.25, -0.2) is 0 Å². The van der Waals surface area contributed by atoms with Crippen molar-refractivity contribution in [1.29, 1.82) is 0 Å². The maximum atomic E-state index is 9.37. The van der Waals surface area contributed by atoms with Crippen LogP contribution in [0, 0.1) is 0 Å². The number of benzene rings is 1. The van der Waals surface area contributed by atoms with E-state index in [1.807, 2.05) is 31.2 Å². The predicted octanol–water partition coefficient (Wildman–Crippen LogP) is 2.42. The number of hydrogen-bond donors (Lipinski definition) is 1. The topological polar surface area (TPSA) is 23.5 Å². The zero-order chi connectivity index (χ0) is 8.55. The van der Waals surface area contributed by atoms with Crippen molar-refractivity contribution in [3.05, 3.63) is 41.6 Å². The number of fused-ring (bicyclic) bond motifs is 1. The normalized spacial score (nSPS) is 20.8. The van der Waals surface area contributed by atoms with Crippen LogP contribution >= 0.6 is 0 Å². The van der Waals surface area contributed by atoms with Crippen LogP contribution < -0.4 is 0 Å². The maximum absolute atomic E-state index is 9.37. The first-order valence-electron chi connectivity index (χ1n) is 4.03. The molecule has 0 fully saturated rings. The van der Waals surface area contributed by atoms with E-state index in [0.717, 1.165) is 0 Å². The molecule has 0 aromatic heterocycles. The third-order valence-corrected chi connectivity index (χ3v) is 2.25. The van der Waals surface area contributed by atoms with Crippen LogP contribution in [0.1, 0.15) is 24.1 Å². The highest BCUT2D eigenvalue weighted by Gasteiger charge is 2.16. The second-order valence-corrected chi connectivity index (χ2v) is 3.00. The van der Waals surface area contributed by atoms with E-state index in [4.69, 9.17) is 0 Å². The molecule has 0 saturated heterocycles. The standard InChI is InChI=1S/C10H11NO/c1-8-10-5-3-2-4-9(10)6-7-11(8)12/h2-8,12H,1H3. The van der Waals surface area contributed by atoms with Gasteiger partial charge in [-0.15, -0.1) is 0 Å². The molecule has 0 amide bonds. The minimum atomic E-state index is 0.0613. The molecule has 1 unspecified atom stereocenters. The van der Waals surface area contributed by atoms with Crippen LogP contribution in [-0.2, 0) is 0 Å². The maximum Gasteiger partial charge on any atom is 0.0783 e. The van der Waals surface area contributed by atoms with Crippen molar-refractivity contribution in [2.45, 2.75) is 13.0 Å². The van der Waals surface area contributed by atoms with Crippen LogP contribution in [-0.4, -0.2) is 10.3 Å². The Morgan fingerprint density at radius 3 is 2.92 bits per heavy atom. The smallest absolute Gasteiger partial charge is 0.0783 e. The average Bonchev–Trinajstić information content (AvgIpc) is 2.12. The molecule has 12 heavy (non-hydrogen) atoms. The van der Waals surface area contributed by atoms with Gasteiger partial charge in [-0.05, 0) is 24.1 Å². The molecule has 2 nitrogen and oxygen atoms in total. The molecule has 1 atom stereocenters. The van der Waals surface area contributed by atoms with Crippen LogP contribution in [0.3, 0.4) is 0 Å². The molecule has 1 heterocycles. The highest BCUT2D eigenvalue weighted by Crippen LogP contribution is 2.27. The minimum Gasteiger partial charge on any atom is -0.288 e. The third-order valence-electron chi connectivity index (χ3n) is 2.25. The van der Waals surface area contributed by atoms with Crippen molar-refractivity contribution in [3.8, 4) is 0 Å². The third kappa shape index (κ3) is 1.01. The number of hydrogen-bond acceptors (Lipinski definition) is 2. The molecule has 0 bridgehead atoms. The Bertz CT molecular complexity index is 319. The van der Waals surface area contributed by atoms with Crippen molar-refractivity contribution in [1.82, 2.24) is 5.06 Å². The lowest BCUT2D eigenvalue weighted by atomic mass is 9.99.